The Morgan fingerprint density at radius 2 is 2.22 bits per heavy atom. The Balaban J connectivity index is 1.53. The minimum atomic E-state index is 0.101. The van der Waals surface area contributed by atoms with E-state index < -0.39 is 0 Å². The maximum Gasteiger partial charge on any atom is 0.225 e. The Kier molecular flexibility index (Phi) is 3.17. The molecule has 3 rings (SSSR count). The van der Waals surface area contributed by atoms with E-state index in [4.69, 9.17) is 4.74 Å². The lowest BCUT2D eigenvalue weighted by molar-refractivity contribution is -0.137. The fourth-order valence-electron chi connectivity index (χ4n) is 2.53. The molecular weight excluding hydrogens is 228 g/mol. The van der Waals surface area contributed by atoms with Gasteiger partial charge >= 0.3 is 0 Å². The van der Waals surface area contributed by atoms with Crippen molar-refractivity contribution < 1.29 is 9.53 Å². The zero-order valence-electron chi connectivity index (χ0n) is 10.4. The lowest BCUT2D eigenvalue weighted by Gasteiger charge is -2.29. The maximum absolute atomic E-state index is 12.1. The van der Waals surface area contributed by atoms with Gasteiger partial charge in [0.25, 0.3) is 0 Å². The summed E-state index contributed by atoms with van der Waals surface area (Å²) in [7, 11) is 0. The first kappa shape index (κ1) is 11.5. The van der Waals surface area contributed by atoms with E-state index in [2.05, 4.69) is 4.98 Å². The van der Waals surface area contributed by atoms with Gasteiger partial charge in [-0.2, -0.15) is 0 Å². The van der Waals surface area contributed by atoms with E-state index in [0.29, 0.717) is 24.2 Å². The standard InChI is InChI=1S/C14H18N2O2/c17-14(11-4-3-5-11)16-9-7-12(10-16)18-13-6-1-2-8-15-13/h1-2,6,8,11-12H,3-5,7,9-10H2/t12-/m1/s1. The molecule has 1 amide bonds. The Labute approximate surface area is 107 Å². The van der Waals surface area contributed by atoms with Gasteiger partial charge in [-0.15, -0.1) is 0 Å². The Morgan fingerprint density at radius 3 is 2.89 bits per heavy atom. The maximum atomic E-state index is 12.1. The Bertz CT molecular complexity index is 417. The summed E-state index contributed by atoms with van der Waals surface area (Å²) in [4.78, 5) is 18.2. The Morgan fingerprint density at radius 1 is 1.33 bits per heavy atom. The number of nitrogens with zero attached hydrogens (tertiary/aromatic N) is 2. The number of hydrogen-bond acceptors (Lipinski definition) is 3. The first-order valence-electron chi connectivity index (χ1n) is 6.69. The van der Waals surface area contributed by atoms with Gasteiger partial charge in [-0.05, 0) is 18.9 Å². The van der Waals surface area contributed by atoms with E-state index in [1.165, 1.54) is 6.42 Å². The number of carbonyl (C=O) groups is 1. The number of rotatable bonds is 3. The molecule has 0 bridgehead atoms. The monoisotopic (exact) mass is 246 g/mol. The molecular formula is C14H18N2O2. The third-order valence-electron chi connectivity index (χ3n) is 3.84. The van der Waals surface area contributed by atoms with Gasteiger partial charge in [0.05, 0.1) is 6.54 Å². The third kappa shape index (κ3) is 2.33. The van der Waals surface area contributed by atoms with E-state index in [1.807, 2.05) is 23.1 Å². The molecule has 96 valence electrons. The molecule has 1 saturated heterocycles. The molecule has 1 aliphatic carbocycles. The molecule has 0 N–H and O–H groups in total. The quantitative estimate of drug-likeness (QED) is 0.817. The molecule has 1 saturated carbocycles. The summed E-state index contributed by atoms with van der Waals surface area (Å²) < 4.78 is 5.78. The topological polar surface area (TPSA) is 42.4 Å². The summed E-state index contributed by atoms with van der Waals surface area (Å²) in [5.41, 5.74) is 0. The molecule has 18 heavy (non-hydrogen) atoms. The summed E-state index contributed by atoms with van der Waals surface area (Å²) in [6, 6.07) is 5.64. The van der Waals surface area contributed by atoms with Crippen LogP contribution in [0.1, 0.15) is 25.7 Å². The van der Waals surface area contributed by atoms with Crippen LogP contribution >= 0.6 is 0 Å². The lowest BCUT2D eigenvalue weighted by Crippen LogP contribution is -2.38. The number of amides is 1. The molecule has 2 aliphatic rings. The minimum absolute atomic E-state index is 0.101. The fraction of sp³-hybridized carbons (Fsp3) is 0.571. The largest absolute Gasteiger partial charge is 0.472 e. The summed E-state index contributed by atoms with van der Waals surface area (Å²) in [6.07, 6.45) is 6.08. The summed E-state index contributed by atoms with van der Waals surface area (Å²) in [6.45, 7) is 1.54. The van der Waals surface area contributed by atoms with Crippen molar-refractivity contribution in [2.24, 2.45) is 5.92 Å². The van der Waals surface area contributed by atoms with Crippen LogP contribution in [0.15, 0.2) is 24.4 Å². The highest BCUT2D eigenvalue weighted by Crippen LogP contribution is 2.29. The first-order chi connectivity index (χ1) is 8.83. The SMILES string of the molecule is O=C(C1CCC1)N1CC[C@@H](Oc2ccccn2)C1. The van der Waals surface area contributed by atoms with Gasteiger partial charge in [0.1, 0.15) is 6.10 Å². The van der Waals surface area contributed by atoms with Crippen molar-refractivity contribution in [1.82, 2.24) is 9.88 Å². The summed E-state index contributed by atoms with van der Waals surface area (Å²) in [5, 5.41) is 0. The van der Waals surface area contributed by atoms with Crippen LogP contribution in [0.25, 0.3) is 0 Å². The van der Waals surface area contributed by atoms with Crippen molar-refractivity contribution in [1.29, 1.82) is 0 Å². The highest BCUT2D eigenvalue weighted by molar-refractivity contribution is 5.79. The van der Waals surface area contributed by atoms with Crippen LogP contribution in [0.5, 0.6) is 5.88 Å². The average molecular weight is 246 g/mol. The summed E-state index contributed by atoms with van der Waals surface area (Å²) in [5.74, 6) is 1.27. The van der Waals surface area contributed by atoms with Crippen LogP contribution in [0.4, 0.5) is 0 Å². The van der Waals surface area contributed by atoms with Crippen molar-refractivity contribution in [3.8, 4) is 5.88 Å². The minimum Gasteiger partial charge on any atom is -0.472 e. The molecule has 4 heteroatoms. The highest BCUT2D eigenvalue weighted by atomic mass is 16.5. The zero-order valence-corrected chi connectivity index (χ0v) is 10.4. The van der Waals surface area contributed by atoms with Gasteiger partial charge in [-0.3, -0.25) is 4.79 Å². The summed E-state index contributed by atoms with van der Waals surface area (Å²) >= 11 is 0. The van der Waals surface area contributed by atoms with Gasteiger partial charge in [-0.1, -0.05) is 12.5 Å². The van der Waals surface area contributed by atoms with E-state index in [0.717, 1.165) is 25.8 Å². The van der Waals surface area contributed by atoms with Crippen LogP contribution in [0.2, 0.25) is 0 Å². The van der Waals surface area contributed by atoms with E-state index in [-0.39, 0.29) is 6.10 Å². The van der Waals surface area contributed by atoms with Gasteiger partial charge in [-0.25, -0.2) is 4.98 Å². The van der Waals surface area contributed by atoms with Crippen LogP contribution in [-0.2, 0) is 4.79 Å². The van der Waals surface area contributed by atoms with Gasteiger partial charge in [0.2, 0.25) is 11.8 Å². The lowest BCUT2D eigenvalue weighted by atomic mass is 9.84. The number of ether oxygens (including phenoxy) is 1. The molecule has 0 spiro atoms. The number of pyridine rings is 1. The van der Waals surface area contributed by atoms with Crippen LogP contribution < -0.4 is 4.74 Å². The van der Waals surface area contributed by atoms with E-state index >= 15 is 0 Å². The molecule has 1 aromatic heterocycles. The second-order valence-corrected chi connectivity index (χ2v) is 5.11. The predicted molar refractivity (Wildman–Crippen MR) is 67.2 cm³/mol. The molecule has 2 fully saturated rings. The molecule has 0 unspecified atom stereocenters. The van der Waals surface area contributed by atoms with Crippen molar-refractivity contribution in [2.45, 2.75) is 31.8 Å². The second kappa shape index (κ2) is 4.96. The third-order valence-corrected chi connectivity index (χ3v) is 3.84. The number of aromatic nitrogens is 1. The van der Waals surface area contributed by atoms with Crippen molar-refractivity contribution in [2.75, 3.05) is 13.1 Å². The average Bonchev–Trinajstić information content (AvgIpc) is 2.76. The van der Waals surface area contributed by atoms with E-state index in [9.17, 15) is 4.79 Å². The smallest absolute Gasteiger partial charge is 0.225 e. The molecule has 0 radical (unpaired) electrons. The molecule has 1 aliphatic heterocycles. The zero-order chi connectivity index (χ0) is 12.4. The highest BCUT2D eigenvalue weighted by Gasteiger charge is 2.34. The first-order valence-corrected chi connectivity index (χ1v) is 6.69. The van der Waals surface area contributed by atoms with E-state index in [1.54, 1.807) is 6.20 Å². The number of hydrogen-bond donors (Lipinski definition) is 0. The predicted octanol–water partition coefficient (Wildman–Crippen LogP) is 1.86. The van der Waals surface area contributed by atoms with Crippen LogP contribution in [0.3, 0.4) is 0 Å². The Hall–Kier alpha value is -1.58. The van der Waals surface area contributed by atoms with Crippen LogP contribution in [-0.4, -0.2) is 35.0 Å². The van der Waals surface area contributed by atoms with Gasteiger partial charge in [0, 0.05) is 31.1 Å². The van der Waals surface area contributed by atoms with Gasteiger partial charge in [0.15, 0.2) is 0 Å². The van der Waals surface area contributed by atoms with Crippen molar-refractivity contribution in [3.05, 3.63) is 24.4 Å². The van der Waals surface area contributed by atoms with Crippen molar-refractivity contribution >= 4 is 5.91 Å². The van der Waals surface area contributed by atoms with Crippen molar-refractivity contribution in [3.63, 3.8) is 0 Å². The fourth-order valence-corrected chi connectivity index (χ4v) is 2.53. The van der Waals surface area contributed by atoms with Crippen LogP contribution in [0, 0.1) is 5.92 Å². The molecule has 1 atom stereocenters. The molecule has 4 nitrogen and oxygen atoms in total. The number of likely N-dealkylation sites (tertiary alicyclic amines) is 1. The second-order valence-electron chi connectivity index (χ2n) is 5.11. The molecule has 0 aromatic carbocycles. The number of carbonyl (C=O) groups excluding carboxylic acids is 1. The molecule has 2 heterocycles. The normalized spacial score (nSPS) is 23.8. The van der Waals surface area contributed by atoms with Gasteiger partial charge < -0.3 is 9.64 Å². The molecule has 1 aromatic rings.